The maximum atomic E-state index is 12.2. The number of amides is 2. The first-order valence-corrected chi connectivity index (χ1v) is 9.87. The Morgan fingerprint density at radius 2 is 2.08 bits per heavy atom. The van der Waals surface area contributed by atoms with Gasteiger partial charge in [0.15, 0.2) is 0 Å². The Hall–Kier alpha value is -1.85. The second-order valence-electron chi connectivity index (χ2n) is 6.93. The predicted octanol–water partition coefficient (Wildman–Crippen LogP) is 3.60. The van der Waals surface area contributed by atoms with E-state index in [1.54, 1.807) is 11.3 Å². The van der Waals surface area contributed by atoms with Crippen LogP contribution in [0.2, 0.25) is 0 Å². The van der Waals surface area contributed by atoms with Crippen molar-refractivity contribution in [1.29, 1.82) is 0 Å². The van der Waals surface area contributed by atoms with E-state index in [0.717, 1.165) is 25.7 Å². The number of hydrogen-bond acceptors (Lipinski definition) is 3. The molecule has 2 aromatic rings. The lowest BCUT2D eigenvalue weighted by Crippen LogP contribution is -2.45. The van der Waals surface area contributed by atoms with Gasteiger partial charge in [-0.25, -0.2) is 4.79 Å². The van der Waals surface area contributed by atoms with Crippen LogP contribution in [0.25, 0.3) is 0 Å². The fourth-order valence-corrected chi connectivity index (χ4v) is 4.27. The third-order valence-electron chi connectivity index (χ3n) is 4.94. The van der Waals surface area contributed by atoms with Gasteiger partial charge in [0, 0.05) is 18.6 Å². The number of fused-ring (bicyclic) bond motifs is 1. The van der Waals surface area contributed by atoms with Crippen LogP contribution in [-0.4, -0.2) is 37.6 Å². The van der Waals surface area contributed by atoms with Gasteiger partial charge in [0.1, 0.15) is 0 Å². The van der Waals surface area contributed by atoms with E-state index in [4.69, 9.17) is 0 Å². The minimum Gasteiger partial charge on any atom is -0.338 e. The fraction of sp³-hybridized carbons (Fsp3) is 0.450. The molecule has 3 rings (SSSR count). The molecule has 2 amide bonds. The molecule has 134 valence electrons. The summed E-state index contributed by atoms with van der Waals surface area (Å²) in [6, 6.07) is 11.2. The summed E-state index contributed by atoms with van der Waals surface area (Å²) in [5.41, 5.74) is 4.11. The molecule has 1 aromatic heterocycles. The van der Waals surface area contributed by atoms with Crippen LogP contribution in [0.3, 0.4) is 0 Å². The van der Waals surface area contributed by atoms with E-state index in [1.807, 2.05) is 0 Å². The molecule has 4 nitrogen and oxygen atoms in total. The Morgan fingerprint density at radius 1 is 1.28 bits per heavy atom. The number of thiophene rings is 1. The molecule has 1 aromatic carbocycles. The molecular formula is C20H27N3OS. The van der Waals surface area contributed by atoms with Crippen LogP contribution in [0.4, 0.5) is 4.79 Å². The summed E-state index contributed by atoms with van der Waals surface area (Å²) >= 11 is 1.72. The van der Waals surface area contributed by atoms with E-state index in [-0.39, 0.29) is 12.1 Å². The highest BCUT2D eigenvalue weighted by atomic mass is 32.1. The van der Waals surface area contributed by atoms with E-state index in [2.05, 4.69) is 70.7 Å². The zero-order valence-electron chi connectivity index (χ0n) is 15.0. The van der Waals surface area contributed by atoms with Crippen LogP contribution in [0.15, 0.2) is 41.1 Å². The minimum absolute atomic E-state index is 0.0489. The van der Waals surface area contributed by atoms with Crippen molar-refractivity contribution in [2.24, 2.45) is 0 Å². The summed E-state index contributed by atoms with van der Waals surface area (Å²) in [5.74, 6) is 0. The quantitative estimate of drug-likeness (QED) is 0.830. The summed E-state index contributed by atoms with van der Waals surface area (Å²) in [5, 5.41) is 10.5. The molecule has 0 bridgehead atoms. The summed E-state index contributed by atoms with van der Waals surface area (Å²) in [6.07, 6.45) is 3.89. The van der Waals surface area contributed by atoms with Crippen LogP contribution in [0, 0.1) is 0 Å². The topological polar surface area (TPSA) is 44.4 Å². The van der Waals surface area contributed by atoms with Gasteiger partial charge >= 0.3 is 6.03 Å². The van der Waals surface area contributed by atoms with E-state index in [9.17, 15) is 4.79 Å². The van der Waals surface area contributed by atoms with Gasteiger partial charge in [-0.3, -0.25) is 0 Å². The van der Waals surface area contributed by atoms with Gasteiger partial charge in [-0.1, -0.05) is 24.3 Å². The molecular weight excluding hydrogens is 330 g/mol. The van der Waals surface area contributed by atoms with Gasteiger partial charge in [-0.05, 0) is 73.3 Å². The molecule has 0 aliphatic heterocycles. The standard InChI is InChI=1S/C20H27N3OS/c1-23(2)19(17-10-12-25-14-17)9-11-21-20(24)22-18-8-7-15-5-3-4-6-16(15)13-18/h3-6,10,12,14,18-19H,7-9,11,13H2,1-2H3,(H2,21,22,24)/t18-,19-/m1/s1. The number of aryl methyl sites for hydroxylation is 1. The van der Waals surface area contributed by atoms with E-state index in [1.165, 1.54) is 16.7 Å². The normalized spacial score (nSPS) is 17.8. The van der Waals surface area contributed by atoms with Crippen LogP contribution < -0.4 is 10.6 Å². The Bertz CT molecular complexity index is 684. The fourth-order valence-electron chi connectivity index (χ4n) is 3.57. The molecule has 0 spiro atoms. The first kappa shape index (κ1) is 18.0. The van der Waals surface area contributed by atoms with Crippen LogP contribution >= 0.6 is 11.3 Å². The van der Waals surface area contributed by atoms with Gasteiger partial charge in [0.05, 0.1) is 0 Å². The first-order chi connectivity index (χ1) is 12.1. The van der Waals surface area contributed by atoms with Gasteiger partial charge in [-0.15, -0.1) is 0 Å². The molecule has 0 saturated carbocycles. The monoisotopic (exact) mass is 357 g/mol. The number of nitrogens with zero attached hydrogens (tertiary/aromatic N) is 1. The van der Waals surface area contributed by atoms with Crippen molar-refractivity contribution in [1.82, 2.24) is 15.5 Å². The van der Waals surface area contributed by atoms with Crippen molar-refractivity contribution in [3.05, 3.63) is 57.8 Å². The van der Waals surface area contributed by atoms with Crippen molar-refractivity contribution < 1.29 is 4.79 Å². The van der Waals surface area contributed by atoms with Crippen molar-refractivity contribution in [2.45, 2.75) is 37.8 Å². The number of hydrogen-bond donors (Lipinski definition) is 2. The van der Waals surface area contributed by atoms with Crippen LogP contribution in [0.5, 0.6) is 0 Å². The van der Waals surface area contributed by atoms with Crippen LogP contribution in [-0.2, 0) is 12.8 Å². The summed E-state index contributed by atoms with van der Waals surface area (Å²) in [4.78, 5) is 14.4. The number of benzene rings is 1. The minimum atomic E-state index is -0.0489. The SMILES string of the molecule is CN(C)[C@H](CCNC(=O)N[C@@H]1CCc2ccccc2C1)c1ccsc1. The average Bonchev–Trinajstić information content (AvgIpc) is 3.12. The second kappa shape index (κ2) is 8.50. The molecule has 5 heteroatoms. The predicted molar refractivity (Wildman–Crippen MR) is 104 cm³/mol. The molecule has 1 aliphatic rings. The van der Waals surface area contributed by atoms with E-state index < -0.39 is 0 Å². The Labute approximate surface area is 154 Å². The maximum Gasteiger partial charge on any atom is 0.315 e. The third-order valence-corrected chi connectivity index (χ3v) is 5.64. The highest BCUT2D eigenvalue weighted by molar-refractivity contribution is 7.07. The average molecular weight is 358 g/mol. The van der Waals surface area contributed by atoms with E-state index in [0.29, 0.717) is 12.6 Å². The maximum absolute atomic E-state index is 12.2. The van der Waals surface area contributed by atoms with Gasteiger partial charge in [0.2, 0.25) is 0 Å². The Kier molecular flexibility index (Phi) is 6.10. The summed E-state index contributed by atoms with van der Waals surface area (Å²) in [6.45, 7) is 0.674. The van der Waals surface area contributed by atoms with Crippen molar-refractivity contribution >= 4 is 17.4 Å². The zero-order valence-corrected chi connectivity index (χ0v) is 15.8. The second-order valence-corrected chi connectivity index (χ2v) is 7.71. The highest BCUT2D eigenvalue weighted by Gasteiger charge is 2.20. The van der Waals surface area contributed by atoms with Crippen molar-refractivity contribution in [3.63, 3.8) is 0 Å². The van der Waals surface area contributed by atoms with Crippen LogP contribution in [0.1, 0.15) is 35.6 Å². The van der Waals surface area contributed by atoms with Crippen molar-refractivity contribution in [3.8, 4) is 0 Å². The molecule has 1 heterocycles. The number of carbonyl (C=O) groups is 1. The molecule has 0 saturated heterocycles. The smallest absolute Gasteiger partial charge is 0.315 e. The van der Waals surface area contributed by atoms with Gasteiger partial charge in [0.25, 0.3) is 0 Å². The largest absolute Gasteiger partial charge is 0.338 e. The third kappa shape index (κ3) is 4.83. The zero-order chi connectivity index (χ0) is 17.6. The van der Waals surface area contributed by atoms with E-state index >= 15 is 0 Å². The number of rotatable bonds is 6. The summed E-state index contributed by atoms with van der Waals surface area (Å²) in [7, 11) is 4.17. The molecule has 0 unspecified atom stereocenters. The highest BCUT2D eigenvalue weighted by Crippen LogP contribution is 2.24. The lowest BCUT2D eigenvalue weighted by atomic mass is 9.88. The van der Waals surface area contributed by atoms with Gasteiger partial charge < -0.3 is 15.5 Å². The molecule has 1 aliphatic carbocycles. The number of urea groups is 1. The Balaban J connectivity index is 1.44. The van der Waals surface area contributed by atoms with Crippen molar-refractivity contribution in [2.75, 3.05) is 20.6 Å². The molecule has 2 atom stereocenters. The Morgan fingerprint density at radius 3 is 2.80 bits per heavy atom. The molecule has 25 heavy (non-hydrogen) atoms. The molecule has 0 radical (unpaired) electrons. The van der Waals surface area contributed by atoms with Gasteiger partial charge in [-0.2, -0.15) is 11.3 Å². The molecule has 2 N–H and O–H groups in total. The molecule has 0 fully saturated rings. The first-order valence-electron chi connectivity index (χ1n) is 8.93. The lowest BCUT2D eigenvalue weighted by molar-refractivity contribution is 0.232. The number of nitrogens with one attached hydrogen (secondary N) is 2. The summed E-state index contributed by atoms with van der Waals surface area (Å²) < 4.78 is 0. The number of carbonyl (C=O) groups excluding carboxylic acids is 1. The lowest BCUT2D eigenvalue weighted by Gasteiger charge is -2.26.